The van der Waals surface area contributed by atoms with Crippen LogP contribution in [0.5, 0.6) is 0 Å². The predicted molar refractivity (Wildman–Crippen MR) is 84.4 cm³/mol. The Balaban J connectivity index is 3.39. The van der Waals surface area contributed by atoms with Crippen LogP contribution in [0.25, 0.3) is 0 Å². The highest BCUT2D eigenvalue weighted by Gasteiger charge is 2.28. The van der Waals surface area contributed by atoms with Gasteiger partial charge < -0.3 is 0 Å². The molecule has 0 saturated carbocycles. The van der Waals surface area contributed by atoms with Gasteiger partial charge in [-0.05, 0) is 30.9 Å². The third-order valence-electron chi connectivity index (χ3n) is 3.19. The lowest BCUT2D eigenvalue weighted by molar-refractivity contribution is -0.125. The minimum Gasteiger partial charge on any atom is -0.285 e. The molecule has 0 aliphatic heterocycles. The zero-order valence-corrected chi connectivity index (χ0v) is 13.8. The van der Waals surface area contributed by atoms with E-state index in [0.717, 1.165) is 10.5 Å². The number of imide groups is 1. The molecule has 0 aliphatic rings. The van der Waals surface area contributed by atoms with Gasteiger partial charge in [-0.15, -0.1) is 0 Å². The van der Waals surface area contributed by atoms with E-state index in [1.165, 1.54) is 0 Å². The van der Waals surface area contributed by atoms with E-state index in [9.17, 15) is 18.0 Å². The second-order valence-electron chi connectivity index (χ2n) is 5.04. The molecule has 0 saturated heterocycles. The van der Waals surface area contributed by atoms with E-state index < -0.39 is 27.7 Å². The quantitative estimate of drug-likeness (QED) is 0.808. The summed E-state index contributed by atoms with van der Waals surface area (Å²) < 4.78 is 30.9. The number of para-hydroxylation sites is 1. The molecule has 7 heteroatoms. The average molecular weight is 327 g/mol. The van der Waals surface area contributed by atoms with Gasteiger partial charge in [-0.1, -0.05) is 32.0 Å². The molecule has 0 atom stereocenters. The van der Waals surface area contributed by atoms with Gasteiger partial charge in [-0.2, -0.15) is 8.42 Å². The Bertz CT molecular complexity index is 667. The normalized spacial score (nSPS) is 11.3. The van der Waals surface area contributed by atoms with E-state index in [-0.39, 0.29) is 6.42 Å². The van der Waals surface area contributed by atoms with Gasteiger partial charge in [-0.3, -0.25) is 14.1 Å². The fraction of sp³-hybridized carbons (Fsp3) is 0.467. The maximum absolute atomic E-state index is 12.3. The van der Waals surface area contributed by atoms with Crippen LogP contribution >= 0.6 is 0 Å². The van der Waals surface area contributed by atoms with E-state index >= 15 is 0 Å². The van der Waals surface area contributed by atoms with E-state index in [4.69, 9.17) is 4.55 Å². The maximum Gasteiger partial charge on any atom is 0.274 e. The van der Waals surface area contributed by atoms with Crippen LogP contribution < -0.4 is 4.90 Å². The molecule has 2 amide bonds. The number of nitrogens with zero attached hydrogens (tertiary/aromatic N) is 1. The highest BCUT2D eigenvalue weighted by atomic mass is 32.2. The first-order valence-corrected chi connectivity index (χ1v) is 8.71. The Morgan fingerprint density at radius 3 is 2.32 bits per heavy atom. The van der Waals surface area contributed by atoms with Crippen molar-refractivity contribution in [3.05, 3.63) is 29.3 Å². The molecule has 1 aromatic carbocycles. The summed E-state index contributed by atoms with van der Waals surface area (Å²) in [7, 11) is -4.50. The molecular formula is C15H21NO5S. The number of rotatable bonds is 6. The first kappa shape index (κ1) is 18.3. The summed E-state index contributed by atoms with van der Waals surface area (Å²) in [5, 5.41) is 0. The number of amides is 2. The Hall–Kier alpha value is -1.73. The summed E-state index contributed by atoms with van der Waals surface area (Å²) in [6.07, 6.45) is 1.24. The second-order valence-corrected chi connectivity index (χ2v) is 6.49. The SMILES string of the molecule is CCCC(=O)N(C(=O)CS(=O)(=O)O)c1c(C)cccc1CC. The van der Waals surface area contributed by atoms with Gasteiger partial charge in [0.05, 0.1) is 5.69 Å². The molecule has 1 rings (SSSR count). The Morgan fingerprint density at radius 2 is 1.82 bits per heavy atom. The van der Waals surface area contributed by atoms with Crippen LogP contribution in [0, 0.1) is 6.92 Å². The van der Waals surface area contributed by atoms with Gasteiger partial charge in [0.15, 0.2) is 5.75 Å². The van der Waals surface area contributed by atoms with Crippen LogP contribution in [0.2, 0.25) is 0 Å². The van der Waals surface area contributed by atoms with Gasteiger partial charge >= 0.3 is 0 Å². The minimum atomic E-state index is -4.50. The Kier molecular flexibility index (Phi) is 6.25. The number of carbonyl (C=O) groups is 2. The van der Waals surface area contributed by atoms with Crippen molar-refractivity contribution in [2.75, 3.05) is 10.7 Å². The standard InChI is InChI=1S/C15H21NO5S/c1-4-7-13(17)16(14(18)10-22(19,20)21)15-11(3)8-6-9-12(15)5-2/h6,8-9H,4-5,7,10H2,1-3H3,(H,19,20,21). The largest absolute Gasteiger partial charge is 0.285 e. The van der Waals surface area contributed by atoms with Crippen molar-refractivity contribution in [1.29, 1.82) is 0 Å². The smallest absolute Gasteiger partial charge is 0.274 e. The number of aryl methyl sites for hydroxylation is 2. The molecule has 22 heavy (non-hydrogen) atoms. The first-order valence-electron chi connectivity index (χ1n) is 7.10. The van der Waals surface area contributed by atoms with Crippen molar-refractivity contribution in [3.8, 4) is 0 Å². The molecular weight excluding hydrogens is 306 g/mol. The third-order valence-corrected chi connectivity index (χ3v) is 3.81. The third kappa shape index (κ3) is 4.64. The van der Waals surface area contributed by atoms with E-state index in [1.807, 2.05) is 13.0 Å². The van der Waals surface area contributed by atoms with Gasteiger partial charge in [0.1, 0.15) is 0 Å². The zero-order chi connectivity index (χ0) is 16.9. The first-order chi connectivity index (χ1) is 10.2. The number of hydrogen-bond acceptors (Lipinski definition) is 4. The lowest BCUT2D eigenvalue weighted by Gasteiger charge is -2.25. The highest BCUT2D eigenvalue weighted by molar-refractivity contribution is 7.86. The van der Waals surface area contributed by atoms with Crippen LogP contribution in [0.15, 0.2) is 18.2 Å². The van der Waals surface area contributed by atoms with Crippen LogP contribution in [0.1, 0.15) is 37.8 Å². The summed E-state index contributed by atoms with van der Waals surface area (Å²) in [6.45, 7) is 5.43. The molecule has 0 heterocycles. The van der Waals surface area contributed by atoms with Crippen LogP contribution in [-0.4, -0.2) is 30.5 Å². The van der Waals surface area contributed by atoms with E-state index in [0.29, 0.717) is 24.1 Å². The molecule has 0 aromatic heterocycles. The highest BCUT2D eigenvalue weighted by Crippen LogP contribution is 2.27. The molecule has 0 aliphatic carbocycles. The van der Waals surface area contributed by atoms with Crippen LogP contribution in [-0.2, 0) is 26.1 Å². The summed E-state index contributed by atoms with van der Waals surface area (Å²) in [4.78, 5) is 25.5. The molecule has 122 valence electrons. The molecule has 0 spiro atoms. The molecule has 1 aromatic rings. The molecule has 0 radical (unpaired) electrons. The second kappa shape index (κ2) is 7.51. The summed E-state index contributed by atoms with van der Waals surface area (Å²) in [5.74, 6) is -2.52. The fourth-order valence-electron chi connectivity index (χ4n) is 2.26. The number of anilines is 1. The number of benzene rings is 1. The minimum absolute atomic E-state index is 0.120. The summed E-state index contributed by atoms with van der Waals surface area (Å²) in [5.41, 5.74) is 1.89. The molecule has 1 N–H and O–H groups in total. The Labute approximate surface area is 130 Å². The monoisotopic (exact) mass is 327 g/mol. The number of hydrogen-bond donors (Lipinski definition) is 1. The van der Waals surface area contributed by atoms with Crippen LogP contribution in [0.4, 0.5) is 5.69 Å². The van der Waals surface area contributed by atoms with Gasteiger partial charge in [0, 0.05) is 6.42 Å². The van der Waals surface area contributed by atoms with Crippen molar-refractivity contribution >= 4 is 27.6 Å². The van der Waals surface area contributed by atoms with E-state index in [2.05, 4.69) is 0 Å². The molecule has 0 unspecified atom stereocenters. The topological polar surface area (TPSA) is 91.8 Å². The van der Waals surface area contributed by atoms with Crippen molar-refractivity contribution in [2.45, 2.75) is 40.0 Å². The summed E-state index contributed by atoms with van der Waals surface area (Å²) >= 11 is 0. The maximum atomic E-state index is 12.3. The lowest BCUT2D eigenvalue weighted by Crippen LogP contribution is -2.41. The lowest BCUT2D eigenvalue weighted by atomic mass is 10.0. The molecule has 6 nitrogen and oxygen atoms in total. The fourth-order valence-corrected chi connectivity index (χ4v) is 2.70. The van der Waals surface area contributed by atoms with Crippen LogP contribution in [0.3, 0.4) is 0 Å². The van der Waals surface area contributed by atoms with Crippen molar-refractivity contribution in [2.24, 2.45) is 0 Å². The van der Waals surface area contributed by atoms with E-state index in [1.54, 1.807) is 26.0 Å². The zero-order valence-electron chi connectivity index (χ0n) is 13.0. The van der Waals surface area contributed by atoms with Gasteiger partial charge in [0.25, 0.3) is 16.0 Å². The predicted octanol–water partition coefficient (Wildman–Crippen LogP) is 2.10. The van der Waals surface area contributed by atoms with Crippen molar-refractivity contribution < 1.29 is 22.6 Å². The average Bonchev–Trinajstić information content (AvgIpc) is 2.39. The van der Waals surface area contributed by atoms with Gasteiger partial charge in [0.2, 0.25) is 5.91 Å². The van der Waals surface area contributed by atoms with Crippen molar-refractivity contribution in [3.63, 3.8) is 0 Å². The Morgan fingerprint density at radius 1 is 1.18 bits per heavy atom. The molecule has 0 fully saturated rings. The van der Waals surface area contributed by atoms with Crippen molar-refractivity contribution in [1.82, 2.24) is 0 Å². The summed E-state index contributed by atoms with van der Waals surface area (Å²) in [6, 6.07) is 5.35. The van der Waals surface area contributed by atoms with Gasteiger partial charge in [-0.25, -0.2) is 4.90 Å². The molecule has 0 bridgehead atoms. The number of carbonyl (C=O) groups excluding carboxylic acids is 2.